The van der Waals surface area contributed by atoms with E-state index >= 15 is 0 Å². The first-order valence-electron chi connectivity index (χ1n) is 7.94. The van der Waals surface area contributed by atoms with Gasteiger partial charge in [-0.15, -0.1) is 0 Å². The van der Waals surface area contributed by atoms with Crippen LogP contribution in [0.4, 0.5) is 5.69 Å². The summed E-state index contributed by atoms with van der Waals surface area (Å²) in [4.78, 5) is 26.4. The lowest BCUT2D eigenvalue weighted by molar-refractivity contribution is -0.132. The maximum absolute atomic E-state index is 12.4. The SMILES string of the molecule is O=C(NCCc1ccccc1)C1CCN(c2ccccc2)C1=O. The van der Waals surface area contributed by atoms with E-state index in [2.05, 4.69) is 5.32 Å². The Balaban J connectivity index is 1.53. The van der Waals surface area contributed by atoms with Crippen LogP contribution in [0.5, 0.6) is 0 Å². The number of anilines is 1. The number of carbonyl (C=O) groups excluding carboxylic acids is 2. The Morgan fingerprint density at radius 2 is 1.70 bits per heavy atom. The normalized spacial score (nSPS) is 17.3. The van der Waals surface area contributed by atoms with E-state index in [1.54, 1.807) is 4.90 Å². The van der Waals surface area contributed by atoms with E-state index in [0.29, 0.717) is 19.5 Å². The number of amides is 2. The van der Waals surface area contributed by atoms with Gasteiger partial charge < -0.3 is 10.2 Å². The second kappa shape index (κ2) is 7.09. The first-order chi connectivity index (χ1) is 11.3. The van der Waals surface area contributed by atoms with Crippen molar-refractivity contribution in [2.24, 2.45) is 5.92 Å². The average molecular weight is 308 g/mol. The van der Waals surface area contributed by atoms with E-state index in [4.69, 9.17) is 0 Å². The highest BCUT2D eigenvalue weighted by molar-refractivity contribution is 6.09. The highest BCUT2D eigenvalue weighted by Gasteiger charge is 2.37. The van der Waals surface area contributed by atoms with E-state index in [1.165, 1.54) is 5.56 Å². The molecule has 3 rings (SSSR count). The molecule has 0 bridgehead atoms. The Morgan fingerprint density at radius 3 is 2.39 bits per heavy atom. The molecule has 2 aromatic carbocycles. The molecule has 1 saturated heterocycles. The van der Waals surface area contributed by atoms with Gasteiger partial charge in [0.15, 0.2) is 0 Å². The quantitative estimate of drug-likeness (QED) is 0.862. The zero-order chi connectivity index (χ0) is 16.1. The second-order valence-corrected chi connectivity index (χ2v) is 5.69. The summed E-state index contributed by atoms with van der Waals surface area (Å²) in [6, 6.07) is 19.5. The predicted octanol–water partition coefficient (Wildman–Crippen LogP) is 2.40. The van der Waals surface area contributed by atoms with Crippen molar-refractivity contribution in [2.75, 3.05) is 18.0 Å². The molecular formula is C19H20N2O2. The number of hydrogen-bond donors (Lipinski definition) is 1. The van der Waals surface area contributed by atoms with Gasteiger partial charge in [-0.3, -0.25) is 9.59 Å². The molecule has 2 amide bonds. The van der Waals surface area contributed by atoms with Crippen LogP contribution in [0.3, 0.4) is 0 Å². The number of rotatable bonds is 5. The topological polar surface area (TPSA) is 49.4 Å². The number of hydrogen-bond acceptors (Lipinski definition) is 2. The minimum Gasteiger partial charge on any atom is -0.355 e. The first kappa shape index (κ1) is 15.3. The van der Waals surface area contributed by atoms with Crippen LogP contribution >= 0.6 is 0 Å². The molecule has 0 spiro atoms. The molecule has 4 nitrogen and oxygen atoms in total. The van der Waals surface area contributed by atoms with E-state index in [9.17, 15) is 9.59 Å². The molecule has 1 aliphatic heterocycles. The van der Waals surface area contributed by atoms with Gasteiger partial charge in [-0.1, -0.05) is 48.5 Å². The van der Waals surface area contributed by atoms with Crippen molar-refractivity contribution in [1.29, 1.82) is 0 Å². The summed E-state index contributed by atoms with van der Waals surface area (Å²) in [5.41, 5.74) is 2.04. The molecule has 1 atom stereocenters. The number of benzene rings is 2. The third-order valence-electron chi connectivity index (χ3n) is 4.15. The standard InChI is InChI=1S/C19H20N2O2/c22-18(20-13-11-15-7-3-1-4-8-15)17-12-14-21(19(17)23)16-9-5-2-6-10-16/h1-10,17H,11-14H2,(H,20,22). The summed E-state index contributed by atoms with van der Waals surface area (Å²) in [7, 11) is 0. The summed E-state index contributed by atoms with van der Waals surface area (Å²) in [6.07, 6.45) is 1.35. The maximum atomic E-state index is 12.4. The lowest BCUT2D eigenvalue weighted by Gasteiger charge is -2.16. The van der Waals surface area contributed by atoms with Crippen LogP contribution in [0.25, 0.3) is 0 Å². The fourth-order valence-electron chi connectivity index (χ4n) is 2.89. The van der Waals surface area contributed by atoms with Crippen LogP contribution < -0.4 is 10.2 Å². The van der Waals surface area contributed by atoms with Crippen LogP contribution in [0.2, 0.25) is 0 Å². The van der Waals surface area contributed by atoms with Gasteiger partial charge in [-0.05, 0) is 30.5 Å². The fourth-order valence-corrected chi connectivity index (χ4v) is 2.89. The average Bonchev–Trinajstić information content (AvgIpc) is 2.98. The smallest absolute Gasteiger partial charge is 0.239 e. The van der Waals surface area contributed by atoms with Crippen LogP contribution in [-0.2, 0) is 16.0 Å². The highest BCUT2D eigenvalue weighted by atomic mass is 16.2. The summed E-state index contributed by atoms with van der Waals surface area (Å²) in [5, 5.41) is 2.89. The van der Waals surface area contributed by atoms with Crippen LogP contribution in [-0.4, -0.2) is 24.9 Å². The maximum Gasteiger partial charge on any atom is 0.239 e. The molecule has 4 heteroatoms. The van der Waals surface area contributed by atoms with Crippen molar-refractivity contribution in [1.82, 2.24) is 5.32 Å². The zero-order valence-corrected chi connectivity index (χ0v) is 12.9. The van der Waals surface area contributed by atoms with Crippen molar-refractivity contribution < 1.29 is 9.59 Å². The van der Waals surface area contributed by atoms with Gasteiger partial charge in [0.25, 0.3) is 0 Å². The minimum absolute atomic E-state index is 0.103. The first-order valence-corrected chi connectivity index (χ1v) is 7.94. The third kappa shape index (κ3) is 3.59. The lowest BCUT2D eigenvalue weighted by Crippen LogP contribution is -2.37. The molecule has 1 unspecified atom stereocenters. The van der Waals surface area contributed by atoms with Crippen LogP contribution in [0, 0.1) is 5.92 Å². The van der Waals surface area contributed by atoms with Gasteiger partial charge in [0.2, 0.25) is 11.8 Å². The summed E-state index contributed by atoms with van der Waals surface area (Å²) >= 11 is 0. The second-order valence-electron chi connectivity index (χ2n) is 5.69. The largest absolute Gasteiger partial charge is 0.355 e. The van der Waals surface area contributed by atoms with Crippen molar-refractivity contribution in [3.8, 4) is 0 Å². The molecule has 23 heavy (non-hydrogen) atoms. The molecule has 0 aromatic heterocycles. The Bertz CT molecular complexity index is 670. The predicted molar refractivity (Wildman–Crippen MR) is 90.1 cm³/mol. The number of para-hydroxylation sites is 1. The molecule has 118 valence electrons. The van der Waals surface area contributed by atoms with Crippen molar-refractivity contribution >= 4 is 17.5 Å². The van der Waals surface area contributed by atoms with Crippen molar-refractivity contribution in [2.45, 2.75) is 12.8 Å². The molecule has 1 heterocycles. The van der Waals surface area contributed by atoms with Gasteiger partial charge in [-0.2, -0.15) is 0 Å². The highest BCUT2D eigenvalue weighted by Crippen LogP contribution is 2.24. The molecule has 0 radical (unpaired) electrons. The third-order valence-corrected chi connectivity index (χ3v) is 4.15. The van der Waals surface area contributed by atoms with Gasteiger partial charge >= 0.3 is 0 Å². The van der Waals surface area contributed by atoms with Gasteiger partial charge in [-0.25, -0.2) is 0 Å². The number of carbonyl (C=O) groups is 2. The van der Waals surface area contributed by atoms with E-state index in [-0.39, 0.29) is 11.8 Å². The monoisotopic (exact) mass is 308 g/mol. The van der Waals surface area contributed by atoms with E-state index in [0.717, 1.165) is 12.1 Å². The van der Waals surface area contributed by atoms with Gasteiger partial charge in [0.1, 0.15) is 5.92 Å². The molecule has 1 fully saturated rings. The molecule has 0 aliphatic carbocycles. The van der Waals surface area contributed by atoms with Crippen LogP contribution in [0.1, 0.15) is 12.0 Å². The summed E-state index contributed by atoms with van der Waals surface area (Å²) in [5.74, 6) is -0.830. The minimum atomic E-state index is -0.564. The number of nitrogens with one attached hydrogen (secondary N) is 1. The van der Waals surface area contributed by atoms with Crippen molar-refractivity contribution in [3.63, 3.8) is 0 Å². The van der Waals surface area contributed by atoms with Gasteiger partial charge in [0.05, 0.1) is 0 Å². The Kier molecular flexibility index (Phi) is 4.71. The van der Waals surface area contributed by atoms with Gasteiger partial charge in [0, 0.05) is 18.8 Å². The van der Waals surface area contributed by atoms with Crippen LogP contribution in [0.15, 0.2) is 60.7 Å². The van der Waals surface area contributed by atoms with Crippen molar-refractivity contribution in [3.05, 3.63) is 66.2 Å². The Hall–Kier alpha value is -2.62. The zero-order valence-electron chi connectivity index (χ0n) is 12.9. The molecule has 2 aromatic rings. The Morgan fingerprint density at radius 1 is 1.04 bits per heavy atom. The lowest BCUT2D eigenvalue weighted by atomic mass is 10.1. The summed E-state index contributed by atoms with van der Waals surface area (Å²) in [6.45, 7) is 1.15. The molecular weight excluding hydrogens is 288 g/mol. The molecule has 1 aliphatic rings. The Labute approximate surface area is 136 Å². The van der Waals surface area contributed by atoms with E-state index in [1.807, 2.05) is 60.7 Å². The molecule has 1 N–H and O–H groups in total. The number of nitrogens with zero attached hydrogens (tertiary/aromatic N) is 1. The molecule has 0 saturated carbocycles. The summed E-state index contributed by atoms with van der Waals surface area (Å²) < 4.78 is 0. The fraction of sp³-hybridized carbons (Fsp3) is 0.263. The van der Waals surface area contributed by atoms with E-state index < -0.39 is 5.92 Å².